The minimum Gasteiger partial charge on any atom is -0.494 e. The van der Waals surface area contributed by atoms with Crippen molar-refractivity contribution in [2.24, 2.45) is 5.92 Å². The van der Waals surface area contributed by atoms with Crippen LogP contribution in [0.3, 0.4) is 0 Å². The number of nitrogens with one attached hydrogen (secondary N) is 3. The zero-order valence-electron chi connectivity index (χ0n) is 15.3. The van der Waals surface area contributed by atoms with Gasteiger partial charge in [0.2, 0.25) is 0 Å². The number of amides is 3. The van der Waals surface area contributed by atoms with Gasteiger partial charge >= 0.3 is 0 Å². The van der Waals surface area contributed by atoms with Gasteiger partial charge in [0.15, 0.2) is 0 Å². The number of thiophene rings is 1. The fraction of sp³-hybridized carbons (Fsp3) is 0.316. The van der Waals surface area contributed by atoms with Crippen LogP contribution < -0.4 is 20.9 Å². The zero-order valence-corrected chi connectivity index (χ0v) is 16.1. The summed E-state index contributed by atoms with van der Waals surface area (Å²) >= 11 is 1.28. The lowest BCUT2D eigenvalue weighted by Gasteiger charge is -2.10. The molecule has 1 aromatic heterocycles. The lowest BCUT2D eigenvalue weighted by molar-refractivity contribution is -0.120. The van der Waals surface area contributed by atoms with Gasteiger partial charge in [-0.3, -0.25) is 25.2 Å². The average molecular weight is 389 g/mol. The number of ether oxygens (including phenoxy) is 1. The van der Waals surface area contributed by atoms with Crippen LogP contribution in [0.15, 0.2) is 41.8 Å². The maximum atomic E-state index is 12.0. The second-order valence-corrected chi connectivity index (χ2v) is 7.17. The van der Waals surface area contributed by atoms with E-state index in [0.29, 0.717) is 28.7 Å². The second-order valence-electron chi connectivity index (χ2n) is 6.22. The topological polar surface area (TPSA) is 96.5 Å². The summed E-state index contributed by atoms with van der Waals surface area (Å²) in [5.74, 6) is -0.0654. The van der Waals surface area contributed by atoms with Crippen molar-refractivity contribution in [3.8, 4) is 5.75 Å². The van der Waals surface area contributed by atoms with Crippen molar-refractivity contribution < 1.29 is 19.1 Å². The highest BCUT2D eigenvalue weighted by atomic mass is 32.1. The van der Waals surface area contributed by atoms with Crippen LogP contribution in [-0.2, 0) is 4.79 Å². The molecule has 1 heterocycles. The number of hydrogen-bond donors (Lipinski definition) is 3. The summed E-state index contributed by atoms with van der Waals surface area (Å²) in [5, 5.41) is 4.25. The lowest BCUT2D eigenvalue weighted by atomic mass is 10.1. The van der Waals surface area contributed by atoms with Gasteiger partial charge in [-0.2, -0.15) is 0 Å². The molecule has 0 atom stereocenters. The van der Waals surface area contributed by atoms with Crippen molar-refractivity contribution in [3.05, 3.63) is 52.2 Å². The molecule has 0 fully saturated rings. The van der Waals surface area contributed by atoms with E-state index in [-0.39, 0.29) is 12.5 Å². The van der Waals surface area contributed by atoms with Gasteiger partial charge < -0.3 is 10.1 Å². The molecular formula is C19H23N3O4S. The van der Waals surface area contributed by atoms with E-state index in [1.807, 2.05) is 0 Å². The molecule has 3 amide bonds. The molecule has 0 bridgehead atoms. The number of benzene rings is 1. The molecule has 0 spiro atoms. The Bertz CT molecular complexity index is 758. The van der Waals surface area contributed by atoms with Crippen molar-refractivity contribution in [3.63, 3.8) is 0 Å². The summed E-state index contributed by atoms with van der Waals surface area (Å²) in [4.78, 5) is 36.0. The van der Waals surface area contributed by atoms with Gasteiger partial charge in [0.1, 0.15) is 5.75 Å². The smallest absolute Gasteiger partial charge is 0.269 e. The lowest BCUT2D eigenvalue weighted by Crippen LogP contribution is -2.46. The predicted octanol–water partition coefficient (Wildman–Crippen LogP) is 2.36. The number of carbonyl (C=O) groups is 3. The zero-order chi connectivity index (χ0) is 19.6. The van der Waals surface area contributed by atoms with E-state index >= 15 is 0 Å². The van der Waals surface area contributed by atoms with E-state index < -0.39 is 11.8 Å². The van der Waals surface area contributed by atoms with Gasteiger partial charge in [-0.05, 0) is 48.1 Å². The van der Waals surface area contributed by atoms with E-state index in [9.17, 15) is 14.4 Å². The molecule has 0 saturated heterocycles. The minimum atomic E-state index is -0.526. The molecule has 1 aromatic carbocycles. The largest absolute Gasteiger partial charge is 0.494 e. The third kappa shape index (κ3) is 7.10. The van der Waals surface area contributed by atoms with E-state index in [4.69, 9.17) is 4.74 Å². The van der Waals surface area contributed by atoms with Crippen molar-refractivity contribution in [1.29, 1.82) is 0 Å². The summed E-state index contributed by atoms with van der Waals surface area (Å²) < 4.78 is 5.59. The van der Waals surface area contributed by atoms with Gasteiger partial charge in [0, 0.05) is 5.56 Å². The Kier molecular flexibility index (Phi) is 7.81. The van der Waals surface area contributed by atoms with Crippen LogP contribution in [0.5, 0.6) is 5.75 Å². The molecule has 2 rings (SSSR count). The Morgan fingerprint density at radius 2 is 1.78 bits per heavy atom. The molecule has 0 aliphatic heterocycles. The van der Waals surface area contributed by atoms with Crippen LogP contribution in [-0.4, -0.2) is 30.9 Å². The van der Waals surface area contributed by atoms with Crippen LogP contribution in [0.1, 0.15) is 40.3 Å². The molecule has 8 heteroatoms. The quantitative estimate of drug-likeness (QED) is 0.604. The molecule has 144 valence electrons. The molecular weight excluding hydrogens is 366 g/mol. The molecule has 27 heavy (non-hydrogen) atoms. The van der Waals surface area contributed by atoms with Gasteiger partial charge in [-0.1, -0.05) is 19.9 Å². The third-order valence-corrected chi connectivity index (χ3v) is 4.42. The third-order valence-electron chi connectivity index (χ3n) is 3.55. The van der Waals surface area contributed by atoms with Crippen molar-refractivity contribution in [2.75, 3.05) is 13.2 Å². The molecule has 3 N–H and O–H groups in total. The molecule has 0 saturated carbocycles. The number of hydrazine groups is 1. The molecule has 7 nitrogen and oxygen atoms in total. The molecule has 0 aliphatic carbocycles. The van der Waals surface area contributed by atoms with Crippen LogP contribution >= 0.6 is 11.3 Å². The summed E-state index contributed by atoms with van der Waals surface area (Å²) in [5.41, 5.74) is 4.95. The summed E-state index contributed by atoms with van der Waals surface area (Å²) in [6.07, 6.45) is 0.956. The summed E-state index contributed by atoms with van der Waals surface area (Å²) in [7, 11) is 0. The number of rotatable bonds is 8. The number of hydrogen-bond acceptors (Lipinski definition) is 5. The van der Waals surface area contributed by atoms with Crippen LogP contribution in [0, 0.1) is 5.92 Å². The Morgan fingerprint density at radius 1 is 1.04 bits per heavy atom. The highest BCUT2D eigenvalue weighted by Crippen LogP contribution is 2.13. The first-order valence-electron chi connectivity index (χ1n) is 8.59. The van der Waals surface area contributed by atoms with Gasteiger partial charge in [-0.25, -0.2) is 0 Å². The van der Waals surface area contributed by atoms with Crippen molar-refractivity contribution >= 4 is 29.1 Å². The van der Waals surface area contributed by atoms with Gasteiger partial charge in [-0.15, -0.1) is 11.3 Å². The maximum Gasteiger partial charge on any atom is 0.269 e. The fourth-order valence-corrected chi connectivity index (χ4v) is 2.65. The summed E-state index contributed by atoms with van der Waals surface area (Å²) in [6.45, 7) is 4.63. The molecule has 0 unspecified atom stereocenters. The highest BCUT2D eigenvalue weighted by molar-refractivity contribution is 7.12. The Balaban J connectivity index is 1.71. The Morgan fingerprint density at radius 3 is 2.41 bits per heavy atom. The van der Waals surface area contributed by atoms with E-state index in [2.05, 4.69) is 30.0 Å². The minimum absolute atomic E-state index is 0.236. The highest BCUT2D eigenvalue weighted by Gasteiger charge is 2.10. The van der Waals surface area contributed by atoms with E-state index in [1.165, 1.54) is 11.3 Å². The first-order valence-corrected chi connectivity index (χ1v) is 9.47. The molecule has 0 radical (unpaired) electrons. The summed E-state index contributed by atoms with van der Waals surface area (Å²) in [6, 6.07) is 10.1. The van der Waals surface area contributed by atoms with E-state index in [0.717, 1.165) is 6.42 Å². The van der Waals surface area contributed by atoms with E-state index in [1.54, 1.807) is 41.8 Å². The first-order chi connectivity index (χ1) is 13.0. The van der Waals surface area contributed by atoms with Crippen LogP contribution in [0.2, 0.25) is 0 Å². The predicted molar refractivity (Wildman–Crippen MR) is 104 cm³/mol. The van der Waals surface area contributed by atoms with Gasteiger partial charge in [0.25, 0.3) is 17.7 Å². The normalized spacial score (nSPS) is 10.3. The standard InChI is InChI=1S/C19H23N3O4S/c1-13(2)9-10-26-15-7-5-14(6-8-15)18(24)22-21-17(23)12-20-19(25)16-4-3-11-27-16/h3-8,11,13H,9-10,12H2,1-2H3,(H,20,25)(H,21,23)(H,22,24). The van der Waals surface area contributed by atoms with Crippen molar-refractivity contribution in [2.45, 2.75) is 20.3 Å². The van der Waals surface area contributed by atoms with Crippen LogP contribution in [0.4, 0.5) is 0 Å². The molecule has 2 aromatic rings. The van der Waals surface area contributed by atoms with Crippen LogP contribution in [0.25, 0.3) is 0 Å². The fourth-order valence-electron chi connectivity index (χ4n) is 2.01. The molecule has 0 aliphatic rings. The SMILES string of the molecule is CC(C)CCOc1ccc(C(=O)NNC(=O)CNC(=O)c2cccs2)cc1. The van der Waals surface area contributed by atoms with Gasteiger partial charge in [0.05, 0.1) is 18.0 Å². The number of carbonyl (C=O) groups excluding carboxylic acids is 3. The monoisotopic (exact) mass is 389 g/mol. The Labute approximate surface area is 162 Å². The van der Waals surface area contributed by atoms with Crippen molar-refractivity contribution in [1.82, 2.24) is 16.2 Å². The second kappa shape index (κ2) is 10.3. The Hall–Kier alpha value is -2.87. The first kappa shape index (κ1) is 20.4. The average Bonchev–Trinajstić information content (AvgIpc) is 3.19. The maximum absolute atomic E-state index is 12.0.